The van der Waals surface area contributed by atoms with Gasteiger partial charge in [0.15, 0.2) is 5.69 Å². The van der Waals surface area contributed by atoms with Gasteiger partial charge in [-0.3, -0.25) is 9.59 Å². The van der Waals surface area contributed by atoms with Crippen molar-refractivity contribution < 1.29 is 28.7 Å². The quantitative estimate of drug-likeness (QED) is 0.514. The number of esters is 2. The molecular formula is C22H36N4O6. The maximum absolute atomic E-state index is 12.8. The van der Waals surface area contributed by atoms with E-state index in [4.69, 9.17) is 9.47 Å². The minimum Gasteiger partial charge on any atom is -0.458 e. The normalized spacial score (nSPS) is 13.8. The van der Waals surface area contributed by atoms with E-state index in [2.05, 4.69) is 20.6 Å². The second kappa shape index (κ2) is 10.6. The Hall–Kier alpha value is -2.91. The molecule has 0 aliphatic carbocycles. The predicted molar refractivity (Wildman–Crippen MR) is 118 cm³/mol. The highest BCUT2D eigenvalue weighted by Crippen LogP contribution is 2.14. The summed E-state index contributed by atoms with van der Waals surface area (Å²) in [4.78, 5) is 56.7. The van der Waals surface area contributed by atoms with Crippen molar-refractivity contribution >= 4 is 23.8 Å². The van der Waals surface area contributed by atoms with Gasteiger partial charge >= 0.3 is 11.9 Å². The Morgan fingerprint density at radius 3 is 1.94 bits per heavy atom. The molecule has 0 bridgehead atoms. The molecule has 32 heavy (non-hydrogen) atoms. The summed E-state index contributed by atoms with van der Waals surface area (Å²) in [6.45, 7) is 15.7. The monoisotopic (exact) mass is 452 g/mol. The highest BCUT2D eigenvalue weighted by molar-refractivity contribution is 6.06. The van der Waals surface area contributed by atoms with Crippen molar-refractivity contribution in [3.63, 3.8) is 0 Å². The molecule has 0 saturated carbocycles. The molecule has 2 atom stereocenters. The van der Waals surface area contributed by atoms with Crippen molar-refractivity contribution in [3.05, 3.63) is 17.7 Å². The van der Waals surface area contributed by atoms with Gasteiger partial charge in [0.2, 0.25) is 0 Å². The molecule has 0 fully saturated rings. The lowest BCUT2D eigenvalue weighted by Gasteiger charge is -2.25. The van der Waals surface area contributed by atoms with Crippen LogP contribution in [0.5, 0.6) is 0 Å². The topological polar surface area (TPSA) is 139 Å². The largest absolute Gasteiger partial charge is 0.458 e. The average molecular weight is 453 g/mol. The fourth-order valence-corrected chi connectivity index (χ4v) is 2.64. The Balaban J connectivity index is 2.95. The first-order valence-electron chi connectivity index (χ1n) is 10.6. The fraction of sp³-hybridized carbons (Fsp3) is 0.682. The molecule has 2 amide bonds. The number of aromatic nitrogens is 2. The SMILES string of the molecule is CC(C)C[C@H](NC(=O)c1[nH]cnc1C(=O)N[C@@H](C)C(=O)OC(C)(C)C)C(=O)OC(C)(C)C. The van der Waals surface area contributed by atoms with Crippen LogP contribution in [0.4, 0.5) is 0 Å². The number of hydrogen-bond donors (Lipinski definition) is 3. The fourth-order valence-electron chi connectivity index (χ4n) is 2.64. The van der Waals surface area contributed by atoms with Crippen LogP contribution in [0, 0.1) is 5.92 Å². The molecule has 1 heterocycles. The van der Waals surface area contributed by atoms with Crippen LogP contribution in [0.3, 0.4) is 0 Å². The summed E-state index contributed by atoms with van der Waals surface area (Å²) in [5.41, 5.74) is -1.75. The van der Waals surface area contributed by atoms with Crippen LogP contribution in [0.2, 0.25) is 0 Å². The molecule has 180 valence electrons. The lowest BCUT2D eigenvalue weighted by atomic mass is 10.0. The van der Waals surface area contributed by atoms with Crippen LogP contribution in [0.25, 0.3) is 0 Å². The average Bonchev–Trinajstić information content (AvgIpc) is 3.07. The summed E-state index contributed by atoms with van der Waals surface area (Å²) in [5, 5.41) is 5.09. The van der Waals surface area contributed by atoms with Crippen molar-refractivity contribution in [1.29, 1.82) is 0 Å². The maximum atomic E-state index is 12.8. The molecule has 0 radical (unpaired) electrons. The molecule has 1 aromatic rings. The van der Waals surface area contributed by atoms with Crippen LogP contribution in [0.15, 0.2) is 6.33 Å². The highest BCUT2D eigenvalue weighted by Gasteiger charge is 2.31. The van der Waals surface area contributed by atoms with E-state index in [9.17, 15) is 19.2 Å². The summed E-state index contributed by atoms with van der Waals surface area (Å²) >= 11 is 0. The van der Waals surface area contributed by atoms with E-state index in [1.807, 2.05) is 13.8 Å². The third kappa shape index (κ3) is 9.07. The van der Waals surface area contributed by atoms with Gasteiger partial charge in [-0.25, -0.2) is 14.6 Å². The van der Waals surface area contributed by atoms with Crippen LogP contribution < -0.4 is 10.6 Å². The zero-order valence-corrected chi connectivity index (χ0v) is 20.4. The number of nitrogens with zero attached hydrogens (tertiary/aromatic N) is 1. The van der Waals surface area contributed by atoms with Crippen LogP contribution in [-0.4, -0.2) is 57.0 Å². The van der Waals surface area contributed by atoms with Gasteiger partial charge in [-0.2, -0.15) is 0 Å². The van der Waals surface area contributed by atoms with E-state index in [0.717, 1.165) is 0 Å². The highest BCUT2D eigenvalue weighted by atomic mass is 16.6. The molecule has 0 spiro atoms. The number of nitrogens with one attached hydrogen (secondary N) is 3. The Labute approximate surface area is 189 Å². The van der Waals surface area contributed by atoms with E-state index < -0.39 is 47.0 Å². The maximum Gasteiger partial charge on any atom is 0.329 e. The number of H-pyrrole nitrogens is 1. The number of aromatic amines is 1. The molecule has 0 saturated heterocycles. The minimum atomic E-state index is -0.954. The van der Waals surface area contributed by atoms with Crippen molar-refractivity contribution in [3.8, 4) is 0 Å². The van der Waals surface area contributed by atoms with Crippen molar-refractivity contribution in [2.24, 2.45) is 5.92 Å². The summed E-state index contributed by atoms with van der Waals surface area (Å²) in [6.07, 6.45) is 1.54. The number of carbonyl (C=O) groups is 4. The van der Waals surface area contributed by atoms with Crippen molar-refractivity contribution in [2.75, 3.05) is 0 Å². The Morgan fingerprint density at radius 1 is 0.906 bits per heavy atom. The van der Waals surface area contributed by atoms with Gasteiger partial charge in [-0.1, -0.05) is 13.8 Å². The zero-order valence-electron chi connectivity index (χ0n) is 20.4. The number of hydrogen-bond acceptors (Lipinski definition) is 7. The molecule has 10 heteroatoms. The van der Waals surface area contributed by atoms with Gasteiger partial charge < -0.3 is 25.1 Å². The third-order valence-electron chi connectivity index (χ3n) is 3.89. The van der Waals surface area contributed by atoms with Crippen LogP contribution in [0.1, 0.15) is 89.7 Å². The Bertz CT molecular complexity index is 832. The lowest BCUT2D eigenvalue weighted by molar-refractivity contribution is -0.158. The van der Waals surface area contributed by atoms with Crippen molar-refractivity contribution in [1.82, 2.24) is 20.6 Å². The molecule has 10 nitrogen and oxygen atoms in total. The summed E-state index contributed by atoms with van der Waals surface area (Å²) < 4.78 is 10.6. The van der Waals surface area contributed by atoms with E-state index in [1.165, 1.54) is 13.3 Å². The van der Waals surface area contributed by atoms with Crippen LogP contribution in [-0.2, 0) is 19.1 Å². The molecule has 1 aromatic heterocycles. The molecule has 0 aliphatic heterocycles. The van der Waals surface area contributed by atoms with Gasteiger partial charge in [0.1, 0.15) is 29.0 Å². The van der Waals surface area contributed by atoms with E-state index in [0.29, 0.717) is 6.42 Å². The van der Waals surface area contributed by atoms with E-state index in [1.54, 1.807) is 41.5 Å². The smallest absolute Gasteiger partial charge is 0.329 e. The first-order chi connectivity index (χ1) is 14.5. The van der Waals surface area contributed by atoms with Gasteiger partial charge in [-0.15, -0.1) is 0 Å². The summed E-state index contributed by atoms with van der Waals surface area (Å²) in [6, 6.07) is -1.86. The van der Waals surface area contributed by atoms with Gasteiger partial charge in [0.05, 0.1) is 6.33 Å². The number of carbonyl (C=O) groups excluding carboxylic acids is 4. The van der Waals surface area contributed by atoms with Gasteiger partial charge in [0.25, 0.3) is 11.8 Å². The third-order valence-corrected chi connectivity index (χ3v) is 3.89. The Morgan fingerprint density at radius 2 is 1.44 bits per heavy atom. The summed E-state index contributed by atoms with van der Waals surface area (Å²) in [5.74, 6) is -2.49. The lowest BCUT2D eigenvalue weighted by Crippen LogP contribution is -2.46. The molecule has 0 aromatic carbocycles. The molecular weight excluding hydrogens is 416 g/mol. The minimum absolute atomic E-state index is 0.104. The first kappa shape index (κ1) is 27.1. The zero-order chi connectivity index (χ0) is 24.9. The second-order valence-electron chi connectivity index (χ2n) is 10.0. The number of ether oxygens (including phenoxy) is 2. The molecule has 3 N–H and O–H groups in total. The first-order valence-corrected chi connectivity index (χ1v) is 10.6. The van der Waals surface area contributed by atoms with Crippen LogP contribution >= 0.6 is 0 Å². The Kier molecular flexibility index (Phi) is 8.99. The molecule has 0 aliphatic rings. The number of amides is 2. The number of rotatable bonds is 8. The molecule has 0 unspecified atom stereocenters. The number of imidazole rings is 1. The van der Waals surface area contributed by atoms with E-state index >= 15 is 0 Å². The summed E-state index contributed by atoms with van der Waals surface area (Å²) in [7, 11) is 0. The second-order valence-corrected chi connectivity index (χ2v) is 10.0. The van der Waals surface area contributed by atoms with Gasteiger partial charge in [0, 0.05) is 0 Å². The van der Waals surface area contributed by atoms with Crippen molar-refractivity contribution in [2.45, 2.75) is 92.0 Å². The standard InChI is InChI=1S/C22H36N4O6/c1-12(2)10-14(20(30)32-22(7,8)9)26-18(28)16-15(23-11-24-16)17(27)25-13(3)19(29)31-21(4,5)6/h11-14H,10H2,1-9H3,(H,23,24)(H,25,27)(H,26,28)/t13-,14-/m0/s1. The van der Waals surface area contributed by atoms with E-state index in [-0.39, 0.29) is 17.3 Å². The molecule has 1 rings (SSSR count). The van der Waals surface area contributed by atoms with Gasteiger partial charge in [-0.05, 0) is 60.8 Å². The predicted octanol–water partition coefficient (Wildman–Crippen LogP) is 2.36.